The van der Waals surface area contributed by atoms with Crippen molar-refractivity contribution in [1.29, 1.82) is 0 Å². The lowest BCUT2D eigenvalue weighted by Gasteiger charge is -2.20. The van der Waals surface area contributed by atoms with Gasteiger partial charge in [0, 0.05) is 11.9 Å². The average Bonchev–Trinajstić information content (AvgIpc) is 3.11. The summed E-state index contributed by atoms with van der Waals surface area (Å²) in [7, 11) is 2.18. The summed E-state index contributed by atoms with van der Waals surface area (Å²) in [4.78, 5) is 11.8. The Balaban J connectivity index is 1.97. The molecule has 2 aromatic heterocycles. The number of imidazole rings is 1. The lowest BCUT2D eigenvalue weighted by molar-refractivity contribution is 0.304. The van der Waals surface area contributed by atoms with Gasteiger partial charge in [-0.2, -0.15) is 0 Å². The first-order chi connectivity index (χ1) is 10.3. The van der Waals surface area contributed by atoms with Crippen LogP contribution in [0.3, 0.4) is 0 Å². The molecule has 0 N–H and O–H groups in total. The van der Waals surface area contributed by atoms with Gasteiger partial charge in [-0.15, -0.1) is 0 Å². The average molecular weight is 278 g/mol. The van der Waals surface area contributed by atoms with Gasteiger partial charge in [-0.3, -0.25) is 9.47 Å². The molecule has 21 heavy (non-hydrogen) atoms. The van der Waals surface area contributed by atoms with Crippen LogP contribution in [0.1, 0.15) is 24.7 Å². The van der Waals surface area contributed by atoms with Gasteiger partial charge in [0.05, 0.1) is 6.04 Å². The van der Waals surface area contributed by atoms with Crippen LogP contribution in [0, 0.1) is 0 Å². The monoisotopic (exact) mass is 278 g/mol. The number of nitrogens with zero attached hydrogens (tertiary/aromatic N) is 4. The summed E-state index contributed by atoms with van der Waals surface area (Å²) >= 11 is 0. The van der Waals surface area contributed by atoms with Crippen LogP contribution < -0.4 is 0 Å². The number of rotatable bonds is 2. The Labute approximate surface area is 124 Å². The molecule has 4 heteroatoms. The Morgan fingerprint density at radius 3 is 2.71 bits per heavy atom. The second-order valence-corrected chi connectivity index (χ2v) is 5.63. The summed E-state index contributed by atoms with van der Waals surface area (Å²) in [5, 5.41) is 0. The Bertz CT molecular complexity index is 763. The molecule has 1 saturated heterocycles. The molecule has 0 bridgehead atoms. The first-order valence-corrected chi connectivity index (χ1v) is 7.43. The lowest BCUT2D eigenvalue weighted by atomic mass is 10.2. The highest BCUT2D eigenvalue weighted by atomic mass is 15.2. The topological polar surface area (TPSA) is 34.0 Å². The molecule has 106 valence electrons. The zero-order chi connectivity index (χ0) is 14.2. The van der Waals surface area contributed by atoms with Crippen LogP contribution in [0.5, 0.6) is 0 Å². The number of benzene rings is 1. The van der Waals surface area contributed by atoms with E-state index in [1.54, 1.807) is 0 Å². The van der Waals surface area contributed by atoms with Gasteiger partial charge in [0.2, 0.25) is 0 Å². The molecule has 0 aliphatic carbocycles. The molecule has 0 radical (unpaired) electrons. The minimum absolute atomic E-state index is 0.374. The summed E-state index contributed by atoms with van der Waals surface area (Å²) in [5.74, 6) is 1.11. The third kappa shape index (κ3) is 2.03. The summed E-state index contributed by atoms with van der Waals surface area (Å²) in [6.45, 7) is 1.14. The van der Waals surface area contributed by atoms with Crippen molar-refractivity contribution in [2.75, 3.05) is 13.6 Å². The van der Waals surface area contributed by atoms with Gasteiger partial charge in [0.25, 0.3) is 0 Å². The number of fused-ring (bicyclic) bond motifs is 1. The number of para-hydroxylation sites is 1. The largest absolute Gasteiger partial charge is 0.297 e. The quantitative estimate of drug-likeness (QED) is 0.722. The van der Waals surface area contributed by atoms with E-state index in [9.17, 15) is 0 Å². The number of aromatic nitrogens is 3. The maximum Gasteiger partial charge on any atom is 0.164 e. The fourth-order valence-electron chi connectivity index (χ4n) is 3.22. The first-order valence-electron chi connectivity index (χ1n) is 7.43. The first kappa shape index (κ1) is 12.5. The van der Waals surface area contributed by atoms with Crippen molar-refractivity contribution in [2.24, 2.45) is 0 Å². The maximum atomic E-state index is 4.88. The molecule has 3 aromatic rings. The minimum Gasteiger partial charge on any atom is -0.297 e. The Morgan fingerprint density at radius 1 is 1.10 bits per heavy atom. The van der Waals surface area contributed by atoms with E-state index in [1.165, 1.54) is 6.42 Å². The molecule has 4 nitrogen and oxygen atoms in total. The highest BCUT2D eigenvalue weighted by Gasteiger charge is 2.28. The van der Waals surface area contributed by atoms with E-state index < -0.39 is 0 Å². The number of hydrogen-bond donors (Lipinski definition) is 0. The van der Waals surface area contributed by atoms with Gasteiger partial charge in [-0.25, -0.2) is 9.97 Å². The van der Waals surface area contributed by atoms with Crippen molar-refractivity contribution >= 4 is 11.2 Å². The zero-order valence-corrected chi connectivity index (χ0v) is 12.1. The normalized spacial score (nSPS) is 19.4. The van der Waals surface area contributed by atoms with Crippen LogP contribution in [0.15, 0.2) is 48.7 Å². The van der Waals surface area contributed by atoms with E-state index >= 15 is 0 Å². The molecule has 1 unspecified atom stereocenters. The molecule has 0 saturated carbocycles. The van der Waals surface area contributed by atoms with E-state index in [4.69, 9.17) is 4.98 Å². The van der Waals surface area contributed by atoms with Crippen molar-refractivity contribution < 1.29 is 0 Å². The molecule has 1 aliphatic heterocycles. The number of pyridine rings is 1. The third-order valence-corrected chi connectivity index (χ3v) is 4.27. The van der Waals surface area contributed by atoms with Crippen molar-refractivity contribution in [3.05, 3.63) is 54.5 Å². The summed E-state index contributed by atoms with van der Waals surface area (Å²) < 4.78 is 2.21. The summed E-state index contributed by atoms with van der Waals surface area (Å²) in [5.41, 5.74) is 3.05. The molecule has 0 spiro atoms. The fourth-order valence-corrected chi connectivity index (χ4v) is 3.22. The minimum atomic E-state index is 0.374. The number of likely N-dealkylation sites (tertiary alicyclic amines) is 1. The maximum absolute atomic E-state index is 4.88. The second kappa shape index (κ2) is 4.97. The molecule has 4 rings (SSSR count). The van der Waals surface area contributed by atoms with E-state index in [0.717, 1.165) is 35.6 Å². The van der Waals surface area contributed by atoms with Crippen LogP contribution in [0.25, 0.3) is 16.9 Å². The third-order valence-electron chi connectivity index (χ3n) is 4.27. The van der Waals surface area contributed by atoms with E-state index in [2.05, 4.69) is 45.8 Å². The SMILES string of the molecule is CN1CCCC1c1nc2cccnc2n1-c1ccccc1. The standard InChI is InChI=1S/C17H18N4/c1-20-12-6-10-15(20)17-19-14-9-5-11-18-16(14)21(17)13-7-3-2-4-8-13/h2-5,7-9,11,15H,6,10,12H2,1H3. The predicted molar refractivity (Wildman–Crippen MR) is 83.5 cm³/mol. The summed E-state index contributed by atoms with van der Waals surface area (Å²) in [6, 6.07) is 14.8. The second-order valence-electron chi connectivity index (χ2n) is 5.63. The number of hydrogen-bond acceptors (Lipinski definition) is 3. The van der Waals surface area contributed by atoms with Gasteiger partial charge in [-0.05, 0) is 50.7 Å². The van der Waals surface area contributed by atoms with Crippen LogP contribution >= 0.6 is 0 Å². The molecule has 1 aliphatic rings. The van der Waals surface area contributed by atoms with Gasteiger partial charge >= 0.3 is 0 Å². The molecular weight excluding hydrogens is 260 g/mol. The van der Waals surface area contributed by atoms with Gasteiger partial charge in [-0.1, -0.05) is 18.2 Å². The predicted octanol–water partition coefficient (Wildman–Crippen LogP) is 3.19. The van der Waals surface area contributed by atoms with E-state index in [1.807, 2.05) is 24.4 Å². The fraction of sp³-hybridized carbons (Fsp3) is 0.294. The smallest absolute Gasteiger partial charge is 0.164 e. The lowest BCUT2D eigenvalue weighted by Crippen LogP contribution is -2.20. The van der Waals surface area contributed by atoms with Crippen LogP contribution in [-0.2, 0) is 0 Å². The highest BCUT2D eigenvalue weighted by Crippen LogP contribution is 2.33. The van der Waals surface area contributed by atoms with Gasteiger partial charge in [0.1, 0.15) is 11.3 Å². The van der Waals surface area contributed by atoms with Gasteiger partial charge < -0.3 is 0 Å². The highest BCUT2D eigenvalue weighted by molar-refractivity contribution is 5.74. The van der Waals surface area contributed by atoms with E-state index in [-0.39, 0.29) is 0 Å². The van der Waals surface area contributed by atoms with Crippen molar-refractivity contribution in [1.82, 2.24) is 19.4 Å². The van der Waals surface area contributed by atoms with Crippen molar-refractivity contribution in [3.63, 3.8) is 0 Å². The Hall–Kier alpha value is -2.20. The molecule has 1 atom stereocenters. The van der Waals surface area contributed by atoms with Crippen molar-refractivity contribution in [3.8, 4) is 5.69 Å². The molecule has 3 heterocycles. The molecular formula is C17H18N4. The summed E-state index contributed by atoms with van der Waals surface area (Å²) in [6.07, 6.45) is 4.23. The molecule has 1 aromatic carbocycles. The zero-order valence-electron chi connectivity index (χ0n) is 12.1. The molecule has 1 fully saturated rings. The Morgan fingerprint density at radius 2 is 1.95 bits per heavy atom. The van der Waals surface area contributed by atoms with Gasteiger partial charge in [0.15, 0.2) is 5.65 Å². The van der Waals surface area contributed by atoms with E-state index in [0.29, 0.717) is 6.04 Å². The van der Waals surface area contributed by atoms with Crippen LogP contribution in [0.4, 0.5) is 0 Å². The van der Waals surface area contributed by atoms with Crippen LogP contribution in [-0.4, -0.2) is 33.0 Å². The molecule has 0 amide bonds. The van der Waals surface area contributed by atoms with Crippen molar-refractivity contribution in [2.45, 2.75) is 18.9 Å². The van der Waals surface area contributed by atoms with Crippen LogP contribution in [0.2, 0.25) is 0 Å². The Kier molecular flexibility index (Phi) is 2.97.